The van der Waals surface area contributed by atoms with Crippen LogP contribution in [0.5, 0.6) is 0 Å². The Bertz CT molecular complexity index is 1280. The molecule has 1 atom stereocenters. The Balaban J connectivity index is 1.60. The maximum Gasteiger partial charge on any atom is 0.277 e. The zero-order chi connectivity index (χ0) is 22.2. The average Bonchev–Trinajstić information content (AvgIpc) is 3.55. The maximum atomic E-state index is 13.5. The lowest BCUT2D eigenvalue weighted by atomic mass is 9.87. The third-order valence-corrected chi connectivity index (χ3v) is 6.24. The fraction of sp³-hybridized carbons (Fsp3) is 0.250. The van der Waals surface area contributed by atoms with Crippen LogP contribution >= 0.6 is 0 Å². The van der Waals surface area contributed by atoms with Gasteiger partial charge in [-0.15, -0.1) is 0 Å². The van der Waals surface area contributed by atoms with Crippen LogP contribution in [0.2, 0.25) is 0 Å². The minimum Gasteiger partial charge on any atom is -0.364 e. The highest BCUT2D eigenvalue weighted by molar-refractivity contribution is 6.11. The van der Waals surface area contributed by atoms with Crippen LogP contribution in [0, 0.1) is 5.92 Å². The number of H-pyrrole nitrogens is 2. The van der Waals surface area contributed by atoms with Crippen molar-refractivity contribution in [2.24, 2.45) is 5.92 Å². The summed E-state index contributed by atoms with van der Waals surface area (Å²) in [5, 5.41) is 11.4. The van der Waals surface area contributed by atoms with E-state index in [0.717, 1.165) is 40.9 Å². The topological polar surface area (TPSA) is 108 Å². The van der Waals surface area contributed by atoms with Gasteiger partial charge >= 0.3 is 0 Å². The van der Waals surface area contributed by atoms with Crippen molar-refractivity contribution in [1.82, 2.24) is 20.3 Å². The van der Waals surface area contributed by atoms with Gasteiger partial charge < -0.3 is 9.51 Å². The van der Waals surface area contributed by atoms with Crippen molar-refractivity contribution in [3.05, 3.63) is 76.5 Å². The molecular weight excluding hydrogens is 406 g/mol. The number of nitrogens with zero attached hydrogens (tertiary/aromatic N) is 3. The molecule has 3 aromatic heterocycles. The number of fused-ring (bicyclic) bond motifs is 1. The van der Waals surface area contributed by atoms with Crippen molar-refractivity contribution in [3.63, 3.8) is 0 Å². The Morgan fingerprint density at radius 3 is 2.41 bits per heavy atom. The van der Waals surface area contributed by atoms with E-state index in [4.69, 9.17) is 4.52 Å². The minimum absolute atomic E-state index is 0.103. The van der Waals surface area contributed by atoms with E-state index in [-0.39, 0.29) is 23.4 Å². The van der Waals surface area contributed by atoms with Gasteiger partial charge in [-0.25, -0.2) is 0 Å². The van der Waals surface area contributed by atoms with Crippen molar-refractivity contribution >= 4 is 11.6 Å². The summed E-state index contributed by atoms with van der Waals surface area (Å²) in [6.45, 7) is 4.28. The number of benzene rings is 1. The molecule has 32 heavy (non-hydrogen) atoms. The van der Waals surface area contributed by atoms with Crippen molar-refractivity contribution in [2.45, 2.75) is 32.7 Å². The van der Waals surface area contributed by atoms with Crippen LogP contribution in [0.3, 0.4) is 0 Å². The van der Waals surface area contributed by atoms with E-state index < -0.39 is 0 Å². The van der Waals surface area contributed by atoms with E-state index in [0.29, 0.717) is 11.4 Å². The van der Waals surface area contributed by atoms with Gasteiger partial charge in [0.1, 0.15) is 17.7 Å². The number of pyridine rings is 1. The van der Waals surface area contributed by atoms with Crippen LogP contribution < -0.4 is 10.5 Å². The molecule has 1 aliphatic rings. The Morgan fingerprint density at radius 2 is 1.78 bits per heavy atom. The lowest BCUT2D eigenvalue weighted by molar-refractivity contribution is 0.0979. The van der Waals surface area contributed by atoms with Gasteiger partial charge in [-0.3, -0.25) is 19.6 Å². The molecule has 0 saturated heterocycles. The third kappa shape index (κ3) is 3.15. The van der Waals surface area contributed by atoms with Gasteiger partial charge in [0.15, 0.2) is 0 Å². The lowest BCUT2D eigenvalue weighted by Crippen LogP contribution is -2.32. The smallest absolute Gasteiger partial charge is 0.277 e. The molecule has 0 spiro atoms. The first-order chi connectivity index (χ1) is 15.6. The summed E-state index contributed by atoms with van der Waals surface area (Å²) in [6, 6.07) is 12.6. The van der Waals surface area contributed by atoms with Crippen molar-refractivity contribution in [1.29, 1.82) is 0 Å². The molecule has 4 heterocycles. The van der Waals surface area contributed by atoms with Gasteiger partial charge in [-0.1, -0.05) is 44.0 Å². The van der Waals surface area contributed by atoms with Gasteiger partial charge in [-0.05, 0) is 24.1 Å². The molecule has 162 valence electrons. The average molecular weight is 429 g/mol. The zero-order valence-electron chi connectivity index (χ0n) is 17.8. The largest absolute Gasteiger partial charge is 0.364 e. The number of aromatic nitrogens is 4. The Hall–Kier alpha value is -3.94. The van der Waals surface area contributed by atoms with Crippen molar-refractivity contribution in [3.8, 4) is 22.5 Å². The van der Waals surface area contributed by atoms with Gasteiger partial charge in [0.2, 0.25) is 5.56 Å². The molecule has 0 saturated carbocycles. The number of hydrogen-bond acceptors (Lipinski definition) is 5. The highest BCUT2D eigenvalue weighted by Gasteiger charge is 2.44. The zero-order valence-corrected chi connectivity index (χ0v) is 17.8. The van der Waals surface area contributed by atoms with Crippen LogP contribution in [0.15, 0.2) is 64.2 Å². The summed E-state index contributed by atoms with van der Waals surface area (Å²) in [5.41, 5.74) is 5.16. The summed E-state index contributed by atoms with van der Waals surface area (Å²) < 4.78 is 4.94. The SMILES string of the molecule is CCC(CC)C1c2c(-c3ccc(=O)[nH]c3)n[nH]c2C(=O)N1c1ccc(-c2ccon2)cc1. The van der Waals surface area contributed by atoms with E-state index >= 15 is 0 Å². The Labute approximate surface area is 184 Å². The highest BCUT2D eigenvalue weighted by Crippen LogP contribution is 2.46. The molecule has 8 heteroatoms. The number of hydrogen-bond donors (Lipinski definition) is 2. The van der Waals surface area contributed by atoms with E-state index in [1.165, 1.54) is 12.3 Å². The summed E-state index contributed by atoms with van der Waals surface area (Å²) >= 11 is 0. The number of anilines is 1. The second kappa shape index (κ2) is 7.96. The van der Waals surface area contributed by atoms with Crippen LogP contribution in [0.4, 0.5) is 5.69 Å². The summed E-state index contributed by atoms with van der Waals surface area (Å²) in [4.78, 5) is 29.6. The molecule has 1 amide bonds. The summed E-state index contributed by atoms with van der Waals surface area (Å²) in [5.74, 6) is 0.142. The molecule has 1 aliphatic heterocycles. The molecule has 2 N–H and O–H groups in total. The Kier molecular flexibility index (Phi) is 4.97. The second-order valence-corrected chi connectivity index (χ2v) is 7.93. The fourth-order valence-electron chi connectivity index (χ4n) is 4.57. The van der Waals surface area contributed by atoms with Crippen molar-refractivity contribution in [2.75, 3.05) is 4.90 Å². The molecule has 4 aromatic rings. The molecule has 0 radical (unpaired) electrons. The highest BCUT2D eigenvalue weighted by atomic mass is 16.5. The van der Waals surface area contributed by atoms with E-state index in [2.05, 4.69) is 34.2 Å². The van der Waals surface area contributed by atoms with E-state index in [1.54, 1.807) is 18.3 Å². The van der Waals surface area contributed by atoms with Gasteiger partial charge in [0, 0.05) is 40.7 Å². The molecule has 0 aliphatic carbocycles. The van der Waals surface area contributed by atoms with Gasteiger partial charge in [0.05, 0.1) is 11.7 Å². The first kappa shape index (κ1) is 20.0. The van der Waals surface area contributed by atoms with Gasteiger partial charge in [0.25, 0.3) is 5.91 Å². The van der Waals surface area contributed by atoms with Crippen molar-refractivity contribution < 1.29 is 9.32 Å². The lowest BCUT2D eigenvalue weighted by Gasteiger charge is -2.31. The molecule has 5 rings (SSSR count). The standard InChI is InChI=1S/C24H23N5O3/c1-3-14(4-2)23-20-21(16-7-10-19(30)25-13-16)26-27-22(20)24(31)29(23)17-8-5-15(6-9-17)18-11-12-32-28-18/h5-14,23H,3-4H2,1-2H3,(H,25,30)(H,26,27). The molecule has 1 unspecified atom stereocenters. The summed E-state index contributed by atoms with van der Waals surface area (Å²) in [6.07, 6.45) is 5.01. The number of aromatic amines is 2. The van der Waals surface area contributed by atoms with Crippen LogP contribution in [0.1, 0.15) is 48.8 Å². The predicted octanol–water partition coefficient (Wildman–Crippen LogP) is 4.56. The normalized spacial score (nSPS) is 15.5. The number of amides is 1. The van der Waals surface area contributed by atoms with Crippen LogP contribution in [-0.2, 0) is 0 Å². The first-order valence-corrected chi connectivity index (χ1v) is 10.7. The number of rotatable bonds is 6. The van der Waals surface area contributed by atoms with E-state index in [1.807, 2.05) is 29.2 Å². The number of carbonyl (C=O) groups is 1. The summed E-state index contributed by atoms with van der Waals surface area (Å²) in [7, 11) is 0. The molecule has 0 fully saturated rings. The van der Waals surface area contributed by atoms with Crippen LogP contribution in [0.25, 0.3) is 22.5 Å². The fourth-order valence-corrected chi connectivity index (χ4v) is 4.57. The monoisotopic (exact) mass is 429 g/mol. The predicted molar refractivity (Wildman–Crippen MR) is 120 cm³/mol. The maximum absolute atomic E-state index is 13.5. The molecular formula is C24H23N5O3. The van der Waals surface area contributed by atoms with E-state index in [9.17, 15) is 9.59 Å². The number of nitrogens with one attached hydrogen (secondary N) is 2. The quantitative estimate of drug-likeness (QED) is 0.467. The third-order valence-electron chi connectivity index (χ3n) is 6.24. The van der Waals surface area contributed by atoms with Crippen LogP contribution in [-0.4, -0.2) is 26.2 Å². The molecule has 1 aromatic carbocycles. The second-order valence-electron chi connectivity index (χ2n) is 7.93. The van der Waals surface area contributed by atoms with Gasteiger partial charge in [-0.2, -0.15) is 5.10 Å². The molecule has 8 nitrogen and oxygen atoms in total. The Morgan fingerprint density at radius 1 is 1.03 bits per heavy atom. The molecule has 0 bridgehead atoms. The first-order valence-electron chi connectivity index (χ1n) is 10.7. The number of carbonyl (C=O) groups excluding carboxylic acids is 1. The minimum atomic E-state index is -0.178.